The molecule has 3 nitrogen and oxygen atoms in total. The van der Waals surface area contributed by atoms with E-state index in [4.69, 9.17) is 5.73 Å². The summed E-state index contributed by atoms with van der Waals surface area (Å²) < 4.78 is 25.7. The van der Waals surface area contributed by atoms with E-state index in [0.29, 0.717) is 25.1 Å². The van der Waals surface area contributed by atoms with Crippen molar-refractivity contribution in [1.82, 2.24) is 4.90 Å². The van der Waals surface area contributed by atoms with Crippen molar-refractivity contribution < 1.29 is 13.6 Å². The molecule has 100 valence electrons. The normalized spacial score (nSPS) is 12.3. The molecule has 1 rings (SSSR count). The average molecular weight is 256 g/mol. The van der Waals surface area contributed by atoms with E-state index in [-0.39, 0.29) is 11.8 Å². The van der Waals surface area contributed by atoms with E-state index in [0.717, 1.165) is 12.1 Å². The van der Waals surface area contributed by atoms with Crippen molar-refractivity contribution in [3.8, 4) is 0 Å². The van der Waals surface area contributed by atoms with E-state index < -0.39 is 11.6 Å². The quantitative estimate of drug-likeness (QED) is 0.869. The first-order valence-corrected chi connectivity index (χ1v) is 5.84. The molecular weight excluding hydrogens is 238 g/mol. The molecule has 1 amide bonds. The zero-order valence-electron chi connectivity index (χ0n) is 10.6. The molecule has 0 bridgehead atoms. The third-order valence-corrected chi connectivity index (χ3v) is 2.87. The predicted octanol–water partition coefficient (Wildman–Crippen LogP) is 1.56. The van der Waals surface area contributed by atoms with Gasteiger partial charge < -0.3 is 10.6 Å². The topological polar surface area (TPSA) is 46.3 Å². The fraction of sp³-hybridized carbons (Fsp3) is 0.462. The van der Waals surface area contributed by atoms with Crippen LogP contribution in [0.25, 0.3) is 0 Å². The summed E-state index contributed by atoms with van der Waals surface area (Å²) in [5, 5.41) is 0. The van der Waals surface area contributed by atoms with Crippen LogP contribution in [0.4, 0.5) is 8.78 Å². The van der Waals surface area contributed by atoms with Gasteiger partial charge in [0.05, 0.1) is 0 Å². The zero-order chi connectivity index (χ0) is 13.7. The maximum atomic E-state index is 13.0. The van der Waals surface area contributed by atoms with Crippen LogP contribution in [0.1, 0.15) is 12.5 Å². The molecule has 1 atom stereocenters. The van der Waals surface area contributed by atoms with Crippen LogP contribution >= 0.6 is 0 Å². The molecule has 0 spiro atoms. The first-order valence-electron chi connectivity index (χ1n) is 5.84. The van der Waals surface area contributed by atoms with Crippen LogP contribution in [0.15, 0.2) is 18.2 Å². The number of carbonyl (C=O) groups is 1. The number of benzene rings is 1. The Balaban J connectivity index is 2.54. The summed E-state index contributed by atoms with van der Waals surface area (Å²) in [4.78, 5) is 13.3. The Kier molecular flexibility index (Phi) is 5.22. The maximum Gasteiger partial charge on any atom is 0.226 e. The molecule has 0 aliphatic carbocycles. The van der Waals surface area contributed by atoms with Crippen LogP contribution < -0.4 is 5.73 Å². The van der Waals surface area contributed by atoms with Crippen molar-refractivity contribution in [1.29, 1.82) is 0 Å². The number of hydrogen-bond acceptors (Lipinski definition) is 2. The second-order valence-electron chi connectivity index (χ2n) is 4.40. The molecule has 5 heteroatoms. The number of rotatable bonds is 5. The molecule has 1 aromatic rings. The molecule has 0 saturated heterocycles. The molecule has 0 aliphatic heterocycles. The van der Waals surface area contributed by atoms with Crippen LogP contribution in [0, 0.1) is 17.6 Å². The first-order chi connectivity index (χ1) is 8.45. The van der Waals surface area contributed by atoms with Gasteiger partial charge in [-0.3, -0.25) is 4.79 Å². The van der Waals surface area contributed by atoms with Crippen molar-refractivity contribution in [3.63, 3.8) is 0 Å². The molecule has 2 N–H and O–H groups in total. The number of likely N-dealkylation sites (N-methyl/N-ethyl adjacent to an activating group) is 1. The summed E-state index contributed by atoms with van der Waals surface area (Å²) in [6, 6.07) is 3.76. The second-order valence-corrected chi connectivity index (χ2v) is 4.40. The Labute approximate surface area is 106 Å². The highest BCUT2D eigenvalue weighted by atomic mass is 19.2. The highest BCUT2D eigenvalue weighted by Crippen LogP contribution is 2.10. The largest absolute Gasteiger partial charge is 0.345 e. The van der Waals surface area contributed by atoms with Gasteiger partial charge in [0.2, 0.25) is 5.91 Å². The smallest absolute Gasteiger partial charge is 0.226 e. The van der Waals surface area contributed by atoms with Gasteiger partial charge in [0.25, 0.3) is 0 Å². The minimum absolute atomic E-state index is 0.0416. The van der Waals surface area contributed by atoms with Crippen LogP contribution in [-0.2, 0) is 11.2 Å². The Bertz CT molecular complexity index is 423. The van der Waals surface area contributed by atoms with Crippen LogP contribution in [0.5, 0.6) is 0 Å². The van der Waals surface area contributed by atoms with E-state index in [1.807, 2.05) is 0 Å². The lowest BCUT2D eigenvalue weighted by molar-refractivity contribution is -0.133. The van der Waals surface area contributed by atoms with Gasteiger partial charge in [-0.25, -0.2) is 8.78 Å². The highest BCUT2D eigenvalue weighted by Gasteiger charge is 2.15. The van der Waals surface area contributed by atoms with Crippen LogP contribution in [0.2, 0.25) is 0 Å². The molecule has 1 aromatic carbocycles. The number of amides is 1. The second kappa shape index (κ2) is 6.44. The Hall–Kier alpha value is -1.49. The van der Waals surface area contributed by atoms with Gasteiger partial charge in [0, 0.05) is 26.1 Å². The van der Waals surface area contributed by atoms with E-state index in [1.165, 1.54) is 6.07 Å². The highest BCUT2D eigenvalue weighted by molar-refractivity contribution is 5.78. The Morgan fingerprint density at radius 2 is 2.06 bits per heavy atom. The summed E-state index contributed by atoms with van der Waals surface area (Å²) >= 11 is 0. The molecule has 0 aliphatic rings. The van der Waals surface area contributed by atoms with E-state index in [9.17, 15) is 13.6 Å². The van der Waals surface area contributed by atoms with E-state index >= 15 is 0 Å². The third kappa shape index (κ3) is 3.77. The van der Waals surface area contributed by atoms with Crippen LogP contribution in [-0.4, -0.2) is 30.9 Å². The maximum absolute atomic E-state index is 13.0. The molecule has 0 saturated carbocycles. The number of hydrogen-bond donors (Lipinski definition) is 1. The van der Waals surface area contributed by atoms with Crippen molar-refractivity contribution in [2.75, 3.05) is 20.1 Å². The fourth-order valence-corrected chi connectivity index (χ4v) is 1.58. The molecule has 18 heavy (non-hydrogen) atoms. The third-order valence-electron chi connectivity index (χ3n) is 2.87. The molecular formula is C13H18F2N2O. The van der Waals surface area contributed by atoms with Gasteiger partial charge in [-0.15, -0.1) is 0 Å². The Morgan fingerprint density at radius 1 is 1.39 bits per heavy atom. The predicted molar refractivity (Wildman–Crippen MR) is 65.9 cm³/mol. The number of halogens is 2. The lowest BCUT2D eigenvalue weighted by Gasteiger charge is -2.20. The SMILES string of the molecule is CC(CN)C(=O)N(C)CCc1ccc(F)c(F)c1. The summed E-state index contributed by atoms with van der Waals surface area (Å²) in [6.45, 7) is 2.51. The van der Waals surface area contributed by atoms with Crippen LogP contribution in [0.3, 0.4) is 0 Å². The summed E-state index contributed by atoms with van der Waals surface area (Å²) in [7, 11) is 1.67. The average Bonchev–Trinajstić information content (AvgIpc) is 2.37. The molecule has 0 fully saturated rings. The van der Waals surface area contributed by atoms with Gasteiger partial charge in [0.1, 0.15) is 0 Å². The van der Waals surface area contributed by atoms with Crippen molar-refractivity contribution in [3.05, 3.63) is 35.4 Å². The van der Waals surface area contributed by atoms with Gasteiger partial charge in [-0.2, -0.15) is 0 Å². The number of carbonyl (C=O) groups excluding carboxylic acids is 1. The van der Waals surface area contributed by atoms with Gasteiger partial charge in [-0.1, -0.05) is 13.0 Å². The molecule has 0 heterocycles. The summed E-state index contributed by atoms with van der Waals surface area (Å²) in [5.41, 5.74) is 6.08. The minimum atomic E-state index is -0.864. The fourth-order valence-electron chi connectivity index (χ4n) is 1.58. The summed E-state index contributed by atoms with van der Waals surface area (Å²) in [5.74, 6) is -1.99. The van der Waals surface area contributed by atoms with E-state index in [1.54, 1.807) is 18.9 Å². The summed E-state index contributed by atoms with van der Waals surface area (Å²) in [6.07, 6.45) is 0.483. The standard InChI is InChI=1S/C13H18F2N2O/c1-9(8-16)13(18)17(2)6-5-10-3-4-11(14)12(15)7-10/h3-4,7,9H,5-6,8,16H2,1-2H3. The van der Waals surface area contributed by atoms with Gasteiger partial charge >= 0.3 is 0 Å². The molecule has 1 unspecified atom stereocenters. The minimum Gasteiger partial charge on any atom is -0.345 e. The van der Waals surface area contributed by atoms with Gasteiger partial charge in [0.15, 0.2) is 11.6 Å². The number of nitrogens with zero attached hydrogens (tertiary/aromatic N) is 1. The van der Waals surface area contributed by atoms with Crippen molar-refractivity contribution in [2.24, 2.45) is 11.7 Å². The number of nitrogens with two attached hydrogens (primary N) is 1. The van der Waals surface area contributed by atoms with E-state index in [2.05, 4.69) is 0 Å². The molecule has 0 aromatic heterocycles. The lowest BCUT2D eigenvalue weighted by Crippen LogP contribution is -2.36. The lowest BCUT2D eigenvalue weighted by atomic mass is 10.1. The van der Waals surface area contributed by atoms with Gasteiger partial charge in [-0.05, 0) is 24.1 Å². The molecule has 0 radical (unpaired) electrons. The van der Waals surface area contributed by atoms with Crippen molar-refractivity contribution >= 4 is 5.91 Å². The zero-order valence-corrected chi connectivity index (χ0v) is 10.6. The Morgan fingerprint density at radius 3 is 2.61 bits per heavy atom. The first kappa shape index (κ1) is 14.6. The monoisotopic (exact) mass is 256 g/mol. The van der Waals surface area contributed by atoms with Crippen molar-refractivity contribution in [2.45, 2.75) is 13.3 Å².